The van der Waals surface area contributed by atoms with Crippen LogP contribution in [0.3, 0.4) is 0 Å². The summed E-state index contributed by atoms with van der Waals surface area (Å²) in [6, 6.07) is 18.9. The van der Waals surface area contributed by atoms with Gasteiger partial charge in [-0.3, -0.25) is 14.6 Å². The highest BCUT2D eigenvalue weighted by atomic mass is 19.1. The smallest absolute Gasteiger partial charge is 0.274 e. The van der Waals surface area contributed by atoms with Crippen LogP contribution >= 0.6 is 0 Å². The molecule has 2 aromatic carbocycles. The molecule has 3 heterocycles. The Balaban J connectivity index is 1.30. The van der Waals surface area contributed by atoms with Crippen molar-refractivity contribution in [3.63, 3.8) is 0 Å². The standard InChI is InChI=1S/C27H24FN5O3/c28-19-8-10-21(11-9-19)32-13-15-33(16-14-32)27(35)23-7-2-1-6-22(23)25-24(31-18-36-25)26(34)30-17-20-5-3-4-12-29-20/h1-12,18H,13-17H2,(H,30,34). The maximum atomic E-state index is 13.5. The quantitative estimate of drug-likeness (QED) is 0.447. The third-order valence-electron chi connectivity index (χ3n) is 6.10. The molecule has 0 radical (unpaired) electrons. The molecule has 1 aliphatic rings. The molecular weight excluding hydrogens is 461 g/mol. The normalized spacial score (nSPS) is 13.5. The molecule has 5 rings (SSSR count). The molecule has 1 aliphatic heterocycles. The third kappa shape index (κ3) is 4.95. The summed E-state index contributed by atoms with van der Waals surface area (Å²) in [6.45, 7) is 2.52. The highest BCUT2D eigenvalue weighted by molar-refractivity contribution is 6.04. The zero-order valence-corrected chi connectivity index (χ0v) is 19.4. The van der Waals surface area contributed by atoms with Gasteiger partial charge in [0, 0.05) is 43.6 Å². The number of rotatable bonds is 6. The molecule has 182 valence electrons. The number of carbonyl (C=O) groups excluding carboxylic acids is 2. The number of oxazole rings is 1. The van der Waals surface area contributed by atoms with Gasteiger partial charge in [0.2, 0.25) is 0 Å². The predicted octanol–water partition coefficient (Wildman–Crippen LogP) is 3.77. The Bertz CT molecular complexity index is 1350. The van der Waals surface area contributed by atoms with Gasteiger partial charge in [0.25, 0.3) is 11.8 Å². The molecule has 1 fully saturated rings. The fraction of sp³-hybridized carbons (Fsp3) is 0.185. The molecule has 36 heavy (non-hydrogen) atoms. The van der Waals surface area contributed by atoms with E-state index in [2.05, 4.69) is 20.2 Å². The maximum absolute atomic E-state index is 13.5. The summed E-state index contributed by atoms with van der Waals surface area (Å²) in [5, 5.41) is 2.80. The summed E-state index contributed by atoms with van der Waals surface area (Å²) in [7, 11) is 0. The van der Waals surface area contributed by atoms with E-state index in [1.165, 1.54) is 18.5 Å². The molecule has 0 bridgehead atoms. The Labute approximate surface area is 207 Å². The number of carbonyl (C=O) groups is 2. The molecule has 0 spiro atoms. The largest absolute Gasteiger partial charge is 0.443 e. The van der Waals surface area contributed by atoms with Crippen molar-refractivity contribution >= 4 is 17.5 Å². The first kappa shape index (κ1) is 23.2. The SMILES string of the molecule is O=C(NCc1ccccn1)c1ncoc1-c1ccccc1C(=O)N1CCN(c2ccc(F)cc2)CC1. The van der Waals surface area contributed by atoms with Gasteiger partial charge in [-0.05, 0) is 42.5 Å². The van der Waals surface area contributed by atoms with Gasteiger partial charge < -0.3 is 19.5 Å². The lowest BCUT2D eigenvalue weighted by atomic mass is 10.0. The number of nitrogens with zero attached hydrogens (tertiary/aromatic N) is 4. The minimum Gasteiger partial charge on any atom is -0.443 e. The number of amides is 2. The van der Waals surface area contributed by atoms with Crippen molar-refractivity contribution in [2.24, 2.45) is 0 Å². The second-order valence-corrected chi connectivity index (χ2v) is 8.34. The minimum atomic E-state index is -0.417. The number of benzene rings is 2. The molecule has 8 nitrogen and oxygen atoms in total. The average molecular weight is 486 g/mol. The predicted molar refractivity (Wildman–Crippen MR) is 132 cm³/mol. The molecule has 0 atom stereocenters. The van der Waals surface area contributed by atoms with E-state index in [0.717, 1.165) is 5.69 Å². The van der Waals surface area contributed by atoms with Crippen molar-refractivity contribution in [2.75, 3.05) is 31.1 Å². The van der Waals surface area contributed by atoms with Crippen molar-refractivity contribution < 1.29 is 18.4 Å². The second kappa shape index (κ2) is 10.4. The average Bonchev–Trinajstić information content (AvgIpc) is 3.42. The van der Waals surface area contributed by atoms with Gasteiger partial charge in [0.1, 0.15) is 5.82 Å². The van der Waals surface area contributed by atoms with Crippen LogP contribution in [0.5, 0.6) is 0 Å². The van der Waals surface area contributed by atoms with Crippen molar-refractivity contribution in [3.8, 4) is 11.3 Å². The lowest BCUT2D eigenvalue weighted by Gasteiger charge is -2.36. The molecule has 4 aromatic rings. The summed E-state index contributed by atoms with van der Waals surface area (Å²) in [4.78, 5) is 38.6. The zero-order chi connectivity index (χ0) is 24.9. The Morgan fingerprint density at radius 3 is 2.42 bits per heavy atom. The van der Waals surface area contributed by atoms with Crippen LogP contribution in [-0.4, -0.2) is 52.9 Å². The molecule has 9 heteroatoms. The summed E-state index contributed by atoms with van der Waals surface area (Å²) >= 11 is 0. The molecule has 2 aromatic heterocycles. The summed E-state index contributed by atoms with van der Waals surface area (Å²) in [6.07, 6.45) is 2.86. The molecular formula is C27H24FN5O3. The number of pyridine rings is 1. The summed E-state index contributed by atoms with van der Waals surface area (Å²) < 4.78 is 18.8. The van der Waals surface area contributed by atoms with Crippen LogP contribution < -0.4 is 10.2 Å². The minimum absolute atomic E-state index is 0.104. The number of anilines is 1. The Morgan fingerprint density at radius 2 is 1.67 bits per heavy atom. The first-order valence-corrected chi connectivity index (χ1v) is 11.6. The van der Waals surface area contributed by atoms with E-state index in [9.17, 15) is 14.0 Å². The first-order valence-electron chi connectivity index (χ1n) is 11.6. The molecule has 0 saturated carbocycles. The molecule has 2 amide bonds. The molecule has 1 N–H and O–H groups in total. The van der Waals surface area contributed by atoms with Crippen molar-refractivity contribution in [2.45, 2.75) is 6.54 Å². The topological polar surface area (TPSA) is 91.6 Å². The fourth-order valence-electron chi connectivity index (χ4n) is 4.21. The van der Waals surface area contributed by atoms with Gasteiger partial charge in [-0.25, -0.2) is 9.37 Å². The number of piperazine rings is 1. The van der Waals surface area contributed by atoms with E-state index in [1.54, 1.807) is 53.6 Å². The van der Waals surface area contributed by atoms with Gasteiger partial charge in [-0.2, -0.15) is 0 Å². The fourth-order valence-corrected chi connectivity index (χ4v) is 4.21. The van der Waals surface area contributed by atoms with Gasteiger partial charge in [0.15, 0.2) is 17.8 Å². The number of hydrogen-bond acceptors (Lipinski definition) is 6. The van der Waals surface area contributed by atoms with Crippen LogP contribution in [0.2, 0.25) is 0 Å². The monoisotopic (exact) mass is 485 g/mol. The van der Waals surface area contributed by atoms with E-state index in [0.29, 0.717) is 43.0 Å². The Kier molecular flexibility index (Phi) is 6.70. The van der Waals surface area contributed by atoms with Crippen LogP contribution in [0.15, 0.2) is 83.7 Å². The number of nitrogens with one attached hydrogen (secondary N) is 1. The first-order chi connectivity index (χ1) is 17.6. The summed E-state index contributed by atoms with van der Waals surface area (Å²) in [5.41, 5.74) is 2.68. The number of hydrogen-bond donors (Lipinski definition) is 1. The third-order valence-corrected chi connectivity index (χ3v) is 6.10. The van der Waals surface area contributed by atoms with E-state index in [1.807, 2.05) is 12.1 Å². The van der Waals surface area contributed by atoms with Crippen molar-refractivity contribution in [1.29, 1.82) is 0 Å². The van der Waals surface area contributed by atoms with E-state index in [4.69, 9.17) is 4.42 Å². The number of halogens is 1. The van der Waals surface area contributed by atoms with Gasteiger partial charge in [0.05, 0.1) is 17.8 Å². The Hall–Kier alpha value is -4.53. The van der Waals surface area contributed by atoms with Crippen molar-refractivity contribution in [1.82, 2.24) is 20.2 Å². The highest BCUT2D eigenvalue weighted by Gasteiger charge is 2.27. The lowest BCUT2D eigenvalue weighted by Crippen LogP contribution is -2.48. The van der Waals surface area contributed by atoms with Crippen LogP contribution in [0.4, 0.5) is 10.1 Å². The molecule has 1 saturated heterocycles. The van der Waals surface area contributed by atoms with E-state index < -0.39 is 5.91 Å². The highest BCUT2D eigenvalue weighted by Crippen LogP contribution is 2.28. The Morgan fingerprint density at radius 1 is 0.917 bits per heavy atom. The van der Waals surface area contributed by atoms with E-state index >= 15 is 0 Å². The maximum Gasteiger partial charge on any atom is 0.274 e. The van der Waals surface area contributed by atoms with E-state index in [-0.39, 0.29) is 29.7 Å². The van der Waals surface area contributed by atoms with Gasteiger partial charge >= 0.3 is 0 Å². The van der Waals surface area contributed by atoms with Crippen LogP contribution in [0.1, 0.15) is 26.5 Å². The molecule has 0 unspecified atom stereocenters. The summed E-state index contributed by atoms with van der Waals surface area (Å²) in [5.74, 6) is -0.607. The molecule has 0 aliphatic carbocycles. The zero-order valence-electron chi connectivity index (χ0n) is 19.4. The van der Waals surface area contributed by atoms with Crippen LogP contribution in [0.25, 0.3) is 11.3 Å². The van der Waals surface area contributed by atoms with Gasteiger partial charge in [-0.15, -0.1) is 0 Å². The van der Waals surface area contributed by atoms with Gasteiger partial charge in [-0.1, -0.05) is 24.3 Å². The van der Waals surface area contributed by atoms with Crippen LogP contribution in [-0.2, 0) is 6.54 Å². The number of aromatic nitrogens is 2. The van der Waals surface area contributed by atoms with Crippen molar-refractivity contribution in [3.05, 3.63) is 102 Å². The second-order valence-electron chi connectivity index (χ2n) is 8.34. The van der Waals surface area contributed by atoms with Crippen LogP contribution in [0, 0.1) is 5.82 Å². The lowest BCUT2D eigenvalue weighted by molar-refractivity contribution is 0.0747.